The average molecular weight is 597 g/mol. The number of carbonyl (C=O) groups excluding carboxylic acids is 1. The highest BCUT2D eigenvalue weighted by atomic mass is 16.5. The monoisotopic (exact) mass is 596 g/mol. The SMILES string of the molecule is C=CC(C)(C)Oc1cc(O)c2c(=O)c3ccc(OC(C)(C)C=C)c(OC/C=C/COC(=O)/C=C/c4ccccc4)c3oc2c1. The van der Waals surface area contributed by atoms with Crippen molar-refractivity contribution >= 4 is 34.0 Å². The van der Waals surface area contributed by atoms with Gasteiger partial charge in [0.1, 0.15) is 46.9 Å². The maximum Gasteiger partial charge on any atom is 0.331 e. The molecule has 4 rings (SSSR count). The molecule has 0 aliphatic rings. The van der Waals surface area contributed by atoms with Crippen molar-refractivity contribution in [1.29, 1.82) is 0 Å². The van der Waals surface area contributed by atoms with E-state index in [1.165, 1.54) is 18.2 Å². The minimum Gasteiger partial charge on any atom is -0.507 e. The molecule has 0 radical (unpaired) electrons. The number of hydrogen-bond donors (Lipinski definition) is 1. The van der Waals surface area contributed by atoms with E-state index in [1.54, 1.807) is 42.5 Å². The summed E-state index contributed by atoms with van der Waals surface area (Å²) in [6, 6.07) is 15.5. The fourth-order valence-electron chi connectivity index (χ4n) is 4.08. The number of fused-ring (bicyclic) bond motifs is 2. The summed E-state index contributed by atoms with van der Waals surface area (Å²) in [7, 11) is 0. The first-order chi connectivity index (χ1) is 20.9. The van der Waals surface area contributed by atoms with Crippen molar-refractivity contribution in [1.82, 2.24) is 0 Å². The normalized spacial score (nSPS) is 12.1. The fraction of sp³-hybridized carbons (Fsp3) is 0.222. The summed E-state index contributed by atoms with van der Waals surface area (Å²) in [6.07, 6.45) is 9.61. The molecule has 0 atom stereocenters. The summed E-state index contributed by atoms with van der Waals surface area (Å²) in [5.41, 5.74) is -0.824. The Kier molecular flexibility index (Phi) is 9.63. The molecule has 0 saturated carbocycles. The Morgan fingerprint density at radius 3 is 2.32 bits per heavy atom. The van der Waals surface area contributed by atoms with Crippen molar-refractivity contribution in [3.8, 4) is 23.0 Å². The number of carbonyl (C=O) groups is 1. The maximum absolute atomic E-state index is 13.5. The molecule has 0 aliphatic carbocycles. The van der Waals surface area contributed by atoms with Crippen LogP contribution in [0.5, 0.6) is 23.0 Å². The third-order valence-corrected chi connectivity index (χ3v) is 6.58. The molecule has 8 heteroatoms. The van der Waals surface area contributed by atoms with Gasteiger partial charge in [-0.2, -0.15) is 0 Å². The van der Waals surface area contributed by atoms with Crippen LogP contribution in [-0.2, 0) is 9.53 Å². The second-order valence-corrected chi connectivity index (χ2v) is 11.0. The second kappa shape index (κ2) is 13.4. The van der Waals surface area contributed by atoms with Gasteiger partial charge in [-0.1, -0.05) is 43.5 Å². The Bertz CT molecular complexity index is 1790. The quantitative estimate of drug-likeness (QED) is 0.0731. The van der Waals surface area contributed by atoms with Gasteiger partial charge in [0.05, 0.1) is 5.39 Å². The van der Waals surface area contributed by atoms with Crippen LogP contribution in [0.4, 0.5) is 0 Å². The molecule has 1 aromatic heterocycles. The van der Waals surface area contributed by atoms with Crippen LogP contribution in [0.25, 0.3) is 28.0 Å². The molecule has 0 amide bonds. The summed E-state index contributed by atoms with van der Waals surface area (Å²) >= 11 is 0. The van der Waals surface area contributed by atoms with E-state index in [2.05, 4.69) is 13.2 Å². The van der Waals surface area contributed by atoms with E-state index in [1.807, 2.05) is 58.0 Å². The minimum atomic E-state index is -0.768. The number of aromatic hydroxyl groups is 1. The highest BCUT2D eigenvalue weighted by Gasteiger charge is 2.24. The molecule has 0 unspecified atom stereocenters. The molecule has 0 spiro atoms. The number of esters is 1. The minimum absolute atomic E-state index is 0.00956. The summed E-state index contributed by atoms with van der Waals surface area (Å²) in [6.45, 7) is 15.0. The molecular weight excluding hydrogens is 560 g/mol. The van der Waals surface area contributed by atoms with Crippen molar-refractivity contribution in [2.45, 2.75) is 38.9 Å². The lowest BCUT2D eigenvalue weighted by molar-refractivity contribution is -0.136. The molecular formula is C36H36O8. The first-order valence-electron chi connectivity index (χ1n) is 14.0. The standard InChI is InChI=1S/C36H36O8/c1-7-35(3,4)43-25-22-27(37)31-29(23-25)42-33-26(32(31)39)17-18-28(44-36(5,6)8-2)34(33)41-21-13-12-20-40-30(38)19-16-24-14-10-9-11-15-24/h7-19,22-23,37H,1-2,20-21H2,3-6H3/b13-12+,19-16+. The van der Waals surface area contributed by atoms with E-state index in [0.717, 1.165) is 5.56 Å². The van der Waals surface area contributed by atoms with Crippen LogP contribution in [0, 0.1) is 0 Å². The number of benzene rings is 3. The molecule has 0 saturated heterocycles. The van der Waals surface area contributed by atoms with E-state index in [-0.39, 0.29) is 46.7 Å². The number of phenolic OH excluding ortho intramolecular Hbond substituents is 1. The van der Waals surface area contributed by atoms with Gasteiger partial charge in [-0.15, -0.1) is 0 Å². The van der Waals surface area contributed by atoms with Crippen molar-refractivity contribution in [3.63, 3.8) is 0 Å². The van der Waals surface area contributed by atoms with Crippen molar-refractivity contribution in [2.75, 3.05) is 13.2 Å². The van der Waals surface area contributed by atoms with Gasteiger partial charge in [-0.25, -0.2) is 4.79 Å². The lowest BCUT2D eigenvalue weighted by Crippen LogP contribution is -2.25. The Labute approximate surface area is 256 Å². The van der Waals surface area contributed by atoms with E-state index >= 15 is 0 Å². The smallest absolute Gasteiger partial charge is 0.331 e. The topological polar surface area (TPSA) is 104 Å². The van der Waals surface area contributed by atoms with Crippen LogP contribution in [0.1, 0.15) is 33.3 Å². The predicted octanol–water partition coefficient (Wildman–Crippen LogP) is 7.53. The molecule has 1 N–H and O–H groups in total. The Morgan fingerprint density at radius 2 is 1.61 bits per heavy atom. The van der Waals surface area contributed by atoms with Crippen LogP contribution in [-0.4, -0.2) is 35.5 Å². The average Bonchev–Trinajstić information content (AvgIpc) is 2.98. The van der Waals surface area contributed by atoms with Gasteiger partial charge in [-0.3, -0.25) is 4.79 Å². The van der Waals surface area contributed by atoms with E-state index in [0.29, 0.717) is 11.5 Å². The number of hydrogen-bond acceptors (Lipinski definition) is 8. The molecule has 0 fully saturated rings. The van der Waals surface area contributed by atoms with Crippen LogP contribution in [0.15, 0.2) is 107 Å². The van der Waals surface area contributed by atoms with Gasteiger partial charge in [0.2, 0.25) is 11.2 Å². The molecule has 4 aromatic rings. The highest BCUT2D eigenvalue weighted by molar-refractivity contribution is 5.96. The number of ether oxygens (including phenoxy) is 4. The second-order valence-electron chi connectivity index (χ2n) is 11.0. The zero-order chi connectivity index (χ0) is 31.9. The van der Waals surface area contributed by atoms with E-state index < -0.39 is 22.6 Å². The Balaban J connectivity index is 1.62. The summed E-state index contributed by atoms with van der Waals surface area (Å²) in [4.78, 5) is 25.6. The van der Waals surface area contributed by atoms with Crippen molar-refractivity contribution in [3.05, 3.63) is 114 Å². The fourth-order valence-corrected chi connectivity index (χ4v) is 4.08. The third-order valence-electron chi connectivity index (χ3n) is 6.58. The van der Waals surface area contributed by atoms with Crippen molar-refractivity contribution in [2.24, 2.45) is 0 Å². The zero-order valence-electron chi connectivity index (χ0n) is 25.3. The van der Waals surface area contributed by atoms with Gasteiger partial charge < -0.3 is 28.5 Å². The first-order valence-corrected chi connectivity index (χ1v) is 14.0. The largest absolute Gasteiger partial charge is 0.507 e. The van der Waals surface area contributed by atoms with Gasteiger partial charge in [0, 0.05) is 18.2 Å². The molecule has 1 heterocycles. The first kappa shape index (κ1) is 31.7. The van der Waals surface area contributed by atoms with Crippen LogP contribution in [0.2, 0.25) is 0 Å². The zero-order valence-corrected chi connectivity index (χ0v) is 25.3. The molecule has 3 aromatic carbocycles. The molecule has 228 valence electrons. The summed E-state index contributed by atoms with van der Waals surface area (Å²) in [5, 5.41) is 10.9. The van der Waals surface area contributed by atoms with Crippen LogP contribution < -0.4 is 19.6 Å². The lowest BCUT2D eigenvalue weighted by atomic mass is 10.1. The van der Waals surface area contributed by atoms with Gasteiger partial charge >= 0.3 is 5.97 Å². The molecule has 0 bridgehead atoms. The number of phenols is 1. The molecule has 0 aliphatic heterocycles. The predicted molar refractivity (Wildman–Crippen MR) is 173 cm³/mol. The summed E-state index contributed by atoms with van der Waals surface area (Å²) < 4.78 is 29.6. The number of rotatable bonds is 13. The van der Waals surface area contributed by atoms with Gasteiger partial charge in [0.15, 0.2) is 11.3 Å². The van der Waals surface area contributed by atoms with Gasteiger partial charge in [0.25, 0.3) is 0 Å². The Morgan fingerprint density at radius 1 is 0.932 bits per heavy atom. The van der Waals surface area contributed by atoms with E-state index in [4.69, 9.17) is 23.4 Å². The Hall–Kier alpha value is -5.24. The van der Waals surface area contributed by atoms with Gasteiger partial charge in [-0.05, 0) is 75.8 Å². The lowest BCUT2D eigenvalue weighted by Gasteiger charge is -2.24. The van der Waals surface area contributed by atoms with Crippen molar-refractivity contribution < 1.29 is 33.3 Å². The third kappa shape index (κ3) is 7.77. The molecule has 8 nitrogen and oxygen atoms in total. The highest BCUT2D eigenvalue weighted by Crippen LogP contribution is 2.40. The molecule has 44 heavy (non-hydrogen) atoms. The van der Waals surface area contributed by atoms with Crippen LogP contribution in [0.3, 0.4) is 0 Å². The van der Waals surface area contributed by atoms with E-state index in [9.17, 15) is 14.7 Å². The maximum atomic E-state index is 13.5. The van der Waals surface area contributed by atoms with Crippen LogP contribution >= 0.6 is 0 Å². The summed E-state index contributed by atoms with van der Waals surface area (Å²) in [5.74, 6) is 0.0368.